The van der Waals surface area contributed by atoms with E-state index in [0.29, 0.717) is 89.1 Å². The van der Waals surface area contributed by atoms with Gasteiger partial charge >= 0.3 is 6.01 Å². The highest BCUT2D eigenvalue weighted by molar-refractivity contribution is 6.02. The van der Waals surface area contributed by atoms with Crippen LogP contribution in [0.4, 0.5) is 29.1 Å². The standard InChI is InChI=1S/C55H64F4N10O4/c1-2-39-43(56)7-3-32-23-38(70)26-41(47(32)39)50-49(59)51-42(27-60-50)52(69-28-33-4-5-34(29-69)61-33)64-54(63-51)73-31-55(13-14-55)30-65-15-9-35(10-16-65)67-19-21-68(22-20-67)36-11-17-66(18-12-36)37-24-44(57)48(45(58)25-37)40-6-8-46(71)62-53(40)72/h3,7,23-27,33-36,40,61,70H,2,4-6,8-22,28-31H2,1H3,(H,62,71,72). The zero-order chi connectivity index (χ0) is 50.1. The number of likely N-dealkylation sites (tertiary alicyclic amines) is 1. The minimum Gasteiger partial charge on any atom is -0.508 e. The second-order valence-electron chi connectivity index (χ2n) is 21.9. The number of carbonyl (C=O) groups excluding carboxylic acids is 2. The lowest BCUT2D eigenvalue weighted by molar-refractivity contribution is -0.134. The van der Waals surface area contributed by atoms with Crippen LogP contribution >= 0.6 is 0 Å². The zero-order valence-corrected chi connectivity index (χ0v) is 41.5. The maximum Gasteiger partial charge on any atom is 0.319 e. The Hall–Kier alpha value is -5.69. The van der Waals surface area contributed by atoms with Gasteiger partial charge in [0.2, 0.25) is 11.8 Å². The van der Waals surface area contributed by atoms with E-state index in [-0.39, 0.29) is 46.8 Å². The molecule has 73 heavy (non-hydrogen) atoms. The fourth-order valence-electron chi connectivity index (χ4n) is 13.2. The van der Waals surface area contributed by atoms with E-state index in [1.54, 1.807) is 18.3 Å². The van der Waals surface area contributed by atoms with E-state index < -0.39 is 41.0 Å². The number of halogens is 4. The predicted octanol–water partition coefficient (Wildman–Crippen LogP) is 7.04. The first-order valence-corrected chi connectivity index (χ1v) is 26.6. The van der Waals surface area contributed by atoms with Crippen molar-refractivity contribution in [1.82, 2.24) is 40.3 Å². The number of pyridine rings is 1. The fraction of sp³-hybridized carbons (Fsp3) is 0.545. The maximum atomic E-state index is 17.2. The van der Waals surface area contributed by atoms with Gasteiger partial charge in [-0.05, 0) is 124 Å². The molecule has 2 bridgehead atoms. The molecular weight excluding hydrogens is 941 g/mol. The van der Waals surface area contributed by atoms with Crippen LogP contribution in [0.15, 0.2) is 42.6 Å². The molecule has 5 aromatic rings. The number of amides is 2. The second-order valence-corrected chi connectivity index (χ2v) is 21.9. The van der Waals surface area contributed by atoms with Gasteiger partial charge in [-0.3, -0.25) is 29.7 Å². The van der Waals surface area contributed by atoms with Gasteiger partial charge in [0.1, 0.15) is 40.2 Å². The van der Waals surface area contributed by atoms with Crippen LogP contribution in [0.25, 0.3) is 32.9 Å². The van der Waals surface area contributed by atoms with Crippen molar-refractivity contribution >= 4 is 45.0 Å². The van der Waals surface area contributed by atoms with Crippen LogP contribution in [0.5, 0.6) is 11.8 Å². The molecule has 6 saturated heterocycles. The highest BCUT2D eigenvalue weighted by atomic mass is 19.1. The lowest BCUT2D eigenvalue weighted by Gasteiger charge is -2.46. The number of piperazine rings is 2. The van der Waals surface area contributed by atoms with E-state index in [1.807, 2.05) is 11.8 Å². The normalized spacial score (nSPS) is 24.5. The number of nitrogens with zero attached hydrogens (tertiary/aromatic N) is 8. The van der Waals surface area contributed by atoms with Gasteiger partial charge in [0.25, 0.3) is 0 Å². The zero-order valence-electron chi connectivity index (χ0n) is 41.5. The van der Waals surface area contributed by atoms with Gasteiger partial charge in [0.15, 0.2) is 5.82 Å². The third-order valence-corrected chi connectivity index (χ3v) is 17.4. The number of nitrogens with one attached hydrogen (secondary N) is 2. The summed E-state index contributed by atoms with van der Waals surface area (Å²) in [6.45, 7) is 12.1. The Balaban J connectivity index is 0.664. The molecule has 386 valence electrons. The molecule has 6 aliphatic heterocycles. The molecule has 3 unspecified atom stereocenters. The number of phenolic OH excluding ortho intramolecular Hbond substituents is 1. The molecule has 8 heterocycles. The largest absolute Gasteiger partial charge is 0.508 e. The molecule has 18 heteroatoms. The Labute approximate surface area is 422 Å². The predicted molar refractivity (Wildman–Crippen MR) is 270 cm³/mol. The number of piperidine rings is 3. The molecule has 3 aromatic carbocycles. The molecular formula is C55H64F4N10O4. The number of hydrogen-bond donors (Lipinski definition) is 3. The highest BCUT2D eigenvalue weighted by Gasteiger charge is 2.46. The summed E-state index contributed by atoms with van der Waals surface area (Å²) in [4.78, 5) is 50.4. The molecule has 12 rings (SSSR count). The lowest BCUT2D eigenvalue weighted by atomic mass is 9.89. The van der Waals surface area contributed by atoms with Crippen LogP contribution < -0.4 is 25.2 Å². The molecule has 2 amide bonds. The van der Waals surface area contributed by atoms with Crippen molar-refractivity contribution < 1.29 is 37.0 Å². The summed E-state index contributed by atoms with van der Waals surface area (Å²) in [7, 11) is 0. The maximum absolute atomic E-state index is 17.2. The first kappa shape index (κ1) is 48.3. The molecule has 3 atom stereocenters. The van der Waals surface area contributed by atoms with Crippen LogP contribution in [-0.2, 0) is 16.0 Å². The summed E-state index contributed by atoms with van der Waals surface area (Å²) in [6.07, 6.45) is 10.4. The number of benzene rings is 3. The minimum atomic E-state index is -1.01. The lowest BCUT2D eigenvalue weighted by Crippen LogP contribution is -2.56. The van der Waals surface area contributed by atoms with Crippen molar-refractivity contribution in [2.45, 2.75) is 108 Å². The number of rotatable bonds is 12. The van der Waals surface area contributed by atoms with E-state index in [4.69, 9.17) is 14.7 Å². The summed E-state index contributed by atoms with van der Waals surface area (Å²) in [6, 6.07) is 10.4. The van der Waals surface area contributed by atoms with Crippen LogP contribution in [0.3, 0.4) is 0 Å². The molecule has 7 aliphatic rings. The third kappa shape index (κ3) is 9.45. The molecule has 3 N–H and O–H groups in total. The van der Waals surface area contributed by atoms with Crippen molar-refractivity contribution in [2.75, 3.05) is 88.4 Å². The Morgan fingerprint density at radius 2 is 1.45 bits per heavy atom. The smallest absolute Gasteiger partial charge is 0.319 e. The van der Waals surface area contributed by atoms with Gasteiger partial charge < -0.3 is 29.9 Å². The summed E-state index contributed by atoms with van der Waals surface area (Å²) < 4.78 is 69.6. The van der Waals surface area contributed by atoms with Crippen molar-refractivity contribution in [3.63, 3.8) is 0 Å². The van der Waals surface area contributed by atoms with Gasteiger partial charge in [-0.1, -0.05) is 13.0 Å². The minimum absolute atomic E-state index is 0.0144. The summed E-state index contributed by atoms with van der Waals surface area (Å²) in [5, 5.41) is 18.2. The van der Waals surface area contributed by atoms with E-state index >= 15 is 17.6 Å². The quantitative estimate of drug-likeness (QED) is 0.0870. The molecule has 0 spiro atoms. The summed E-state index contributed by atoms with van der Waals surface area (Å²) >= 11 is 0. The van der Waals surface area contributed by atoms with Crippen LogP contribution in [-0.4, -0.2) is 149 Å². The van der Waals surface area contributed by atoms with Gasteiger partial charge in [0, 0.05) is 118 Å². The number of aromatic nitrogens is 3. The number of aromatic hydroxyl groups is 1. The SMILES string of the molecule is CCc1c(F)ccc2cc(O)cc(-c3ncc4c(N5CC6CCC(C5)N6)nc(OCC5(CN6CCC(N7CCN(C8CCN(c9cc(F)c(C%10CCC(=O)NC%10=O)c(F)c9)CC8)CC7)CC6)CC5)nc4c3F)c12. The Morgan fingerprint density at radius 1 is 0.781 bits per heavy atom. The van der Waals surface area contributed by atoms with E-state index in [9.17, 15) is 14.7 Å². The van der Waals surface area contributed by atoms with Crippen LogP contribution in [0.1, 0.15) is 88.2 Å². The van der Waals surface area contributed by atoms with Gasteiger partial charge in [-0.2, -0.15) is 9.97 Å². The number of imide groups is 1. The fourth-order valence-corrected chi connectivity index (χ4v) is 13.2. The van der Waals surface area contributed by atoms with Crippen molar-refractivity contribution in [3.8, 4) is 23.0 Å². The number of hydrogen-bond acceptors (Lipinski definition) is 13. The van der Waals surface area contributed by atoms with Crippen LogP contribution in [0, 0.1) is 28.7 Å². The number of phenols is 1. The number of ether oxygens (including phenoxy) is 1. The Bertz CT molecular complexity index is 2920. The van der Waals surface area contributed by atoms with E-state index in [0.717, 1.165) is 110 Å². The van der Waals surface area contributed by atoms with Gasteiger partial charge in [0.05, 0.1) is 17.9 Å². The third-order valence-electron chi connectivity index (χ3n) is 17.4. The number of fused-ring (bicyclic) bond motifs is 4. The monoisotopic (exact) mass is 1000 g/mol. The van der Waals surface area contributed by atoms with Gasteiger partial charge in [-0.25, -0.2) is 17.6 Å². The van der Waals surface area contributed by atoms with Crippen molar-refractivity contribution in [2.24, 2.45) is 5.41 Å². The Morgan fingerprint density at radius 3 is 2.10 bits per heavy atom. The Kier molecular flexibility index (Phi) is 12.9. The molecule has 0 radical (unpaired) electrons. The first-order valence-electron chi connectivity index (χ1n) is 26.6. The topological polar surface area (TPSA) is 143 Å². The van der Waals surface area contributed by atoms with E-state index in [1.165, 1.54) is 24.3 Å². The molecule has 1 aliphatic carbocycles. The molecule has 1 saturated carbocycles. The highest BCUT2D eigenvalue weighted by Crippen LogP contribution is 2.47. The molecule has 2 aromatic heterocycles. The molecule has 14 nitrogen and oxygen atoms in total. The average Bonchev–Trinajstić information content (AvgIpc) is 4.08. The van der Waals surface area contributed by atoms with E-state index in [2.05, 4.69) is 35.2 Å². The second kappa shape index (κ2) is 19.5. The number of carbonyl (C=O) groups is 2. The summed E-state index contributed by atoms with van der Waals surface area (Å²) in [5.41, 5.74) is 1.00. The molecule has 7 fully saturated rings. The summed E-state index contributed by atoms with van der Waals surface area (Å²) in [5.74, 6) is -4.09. The number of aryl methyl sites for hydroxylation is 1. The van der Waals surface area contributed by atoms with Crippen LogP contribution in [0.2, 0.25) is 0 Å². The van der Waals surface area contributed by atoms with Crippen molar-refractivity contribution in [1.29, 1.82) is 0 Å². The van der Waals surface area contributed by atoms with Crippen molar-refractivity contribution in [3.05, 3.63) is 77.0 Å². The van der Waals surface area contributed by atoms with Gasteiger partial charge in [-0.15, -0.1) is 0 Å². The number of anilines is 2. The average molecular weight is 1010 g/mol. The first-order chi connectivity index (χ1) is 35.4.